The van der Waals surface area contributed by atoms with Crippen LogP contribution in [0.1, 0.15) is 33.1 Å². The Bertz CT molecular complexity index is 1530. The van der Waals surface area contributed by atoms with Crippen LogP contribution in [0.2, 0.25) is 0 Å². The van der Waals surface area contributed by atoms with Gasteiger partial charge in [-0.2, -0.15) is 92.2 Å². The molecule has 0 aliphatic carbocycles. The van der Waals surface area contributed by atoms with Gasteiger partial charge in [-0.05, 0) is 13.8 Å². The molecule has 0 aromatic rings. The molecular formula is C33H39F21O12. The predicted octanol–water partition coefficient (Wildman–Crippen LogP) is 7.65. The van der Waals surface area contributed by atoms with Crippen LogP contribution in [0.4, 0.5) is 92.2 Å². The number of hydrogen-bond donors (Lipinski definition) is 3. The van der Waals surface area contributed by atoms with Crippen molar-refractivity contribution >= 4 is 17.9 Å². The second-order valence-corrected chi connectivity index (χ2v) is 12.6. The number of carbonyl (C=O) groups excluding carboxylic acids is 3. The number of hydrogen-bond acceptors (Lipinski definition) is 12. The first kappa shape index (κ1) is 66.2. The van der Waals surface area contributed by atoms with Gasteiger partial charge in [-0.1, -0.05) is 19.7 Å². The number of aliphatic hydroxyl groups is 3. The number of methoxy groups -OCH3 is 1. The zero-order chi connectivity index (χ0) is 53.4. The van der Waals surface area contributed by atoms with Crippen LogP contribution < -0.4 is 0 Å². The Labute approximate surface area is 357 Å². The highest BCUT2D eigenvalue weighted by atomic mass is 19.4. The predicted molar refractivity (Wildman–Crippen MR) is 175 cm³/mol. The summed E-state index contributed by atoms with van der Waals surface area (Å²) in [4.78, 5) is 33.1. The van der Waals surface area contributed by atoms with Gasteiger partial charge in [-0.15, -0.1) is 0 Å². The molecule has 390 valence electrons. The fraction of sp³-hybridized carbons (Fsp3) is 0.727. The molecule has 12 nitrogen and oxygen atoms in total. The van der Waals surface area contributed by atoms with Crippen LogP contribution in [0.25, 0.3) is 0 Å². The largest absolute Gasteiger partial charge is 0.466 e. The third-order valence-electron chi connectivity index (χ3n) is 7.54. The molecule has 0 amide bonds. The van der Waals surface area contributed by atoms with Crippen LogP contribution in [-0.2, 0) is 42.8 Å². The fourth-order valence-electron chi connectivity index (χ4n) is 3.44. The first-order chi connectivity index (χ1) is 29.2. The van der Waals surface area contributed by atoms with Gasteiger partial charge < -0.3 is 43.7 Å². The van der Waals surface area contributed by atoms with Gasteiger partial charge in [0.15, 0.2) is 6.10 Å². The van der Waals surface area contributed by atoms with Gasteiger partial charge in [0.2, 0.25) is 0 Å². The molecule has 0 saturated heterocycles. The number of esters is 3. The van der Waals surface area contributed by atoms with Gasteiger partial charge in [-0.25, -0.2) is 14.4 Å². The number of ether oxygens (including phenoxy) is 6. The quantitative estimate of drug-likeness (QED) is 0.0359. The van der Waals surface area contributed by atoms with Crippen molar-refractivity contribution in [3.05, 3.63) is 36.5 Å². The third-order valence-corrected chi connectivity index (χ3v) is 7.54. The van der Waals surface area contributed by atoms with Crippen molar-refractivity contribution < 1.29 is 150 Å². The fourth-order valence-corrected chi connectivity index (χ4v) is 3.44. The van der Waals surface area contributed by atoms with E-state index in [0.717, 1.165) is 7.11 Å². The average Bonchev–Trinajstić information content (AvgIpc) is 3.13. The maximum atomic E-state index is 12.3. The van der Waals surface area contributed by atoms with Crippen LogP contribution in [0, 0.1) is 0 Å². The van der Waals surface area contributed by atoms with E-state index in [1.807, 2.05) is 0 Å². The molecule has 0 aliphatic heterocycles. The lowest BCUT2D eigenvalue weighted by atomic mass is 9.99. The molecule has 0 radical (unpaired) electrons. The minimum absolute atomic E-state index is 0.0275. The van der Waals surface area contributed by atoms with Crippen molar-refractivity contribution in [2.75, 3.05) is 53.4 Å². The van der Waals surface area contributed by atoms with Crippen LogP contribution >= 0.6 is 0 Å². The van der Waals surface area contributed by atoms with Crippen molar-refractivity contribution in [3.8, 4) is 0 Å². The molecule has 33 heteroatoms. The van der Waals surface area contributed by atoms with E-state index >= 15 is 0 Å². The topological polar surface area (TPSA) is 167 Å². The third kappa shape index (κ3) is 20.4. The molecule has 3 N–H and O–H groups in total. The molecular weight excluding hydrogens is 987 g/mol. The minimum atomic E-state index is -6.04. The monoisotopic (exact) mass is 1030 g/mol. The van der Waals surface area contributed by atoms with E-state index in [0.29, 0.717) is 6.92 Å². The lowest BCUT2D eigenvalue weighted by molar-refractivity contribution is -0.372. The molecule has 0 bridgehead atoms. The van der Waals surface area contributed by atoms with Gasteiger partial charge in [0.05, 0.1) is 70.1 Å². The summed E-state index contributed by atoms with van der Waals surface area (Å²) in [6.45, 7) is 5.65. The van der Waals surface area contributed by atoms with Gasteiger partial charge in [0.1, 0.15) is 0 Å². The number of alkyl halides is 21. The number of rotatable bonds is 20. The first-order valence-corrected chi connectivity index (χ1v) is 17.0. The molecule has 0 aromatic heterocycles. The normalized spacial score (nSPS) is 13.9. The zero-order valence-electron chi connectivity index (χ0n) is 33.7. The van der Waals surface area contributed by atoms with Crippen molar-refractivity contribution in [2.24, 2.45) is 0 Å². The van der Waals surface area contributed by atoms with E-state index in [4.69, 9.17) is 15.3 Å². The standard InChI is InChI=1S/C12H13F9O4.C11H14F6O4.C10H12F6O4/c1-6(8(22)25-7(2)10(13,14)15)5-24-4-3-9(23,11(16,17)18)12(19,20)21;1-3-21-8(18)7(2)6-20-5-4-9(19,10(12,13)14)11(15,16)17;1-6(7(17)19-2)5-20-4-3-8(18,9(11,12)13)10(14,15)16/h7,23H,1,3-5H2,2H3;19H,2-6H2,1H3;18H,1,3-5H2,2H3. The number of carbonyl (C=O) groups is 3. The molecule has 0 aliphatic rings. The molecule has 0 heterocycles. The Hall–Kier alpha value is -4.08. The van der Waals surface area contributed by atoms with E-state index in [-0.39, 0.29) is 17.8 Å². The smallest absolute Gasteiger partial charge is 0.426 e. The lowest BCUT2D eigenvalue weighted by Crippen LogP contribution is -2.57. The van der Waals surface area contributed by atoms with E-state index in [1.54, 1.807) is 0 Å². The summed E-state index contributed by atoms with van der Waals surface area (Å²) in [5, 5.41) is 26.4. The van der Waals surface area contributed by atoms with E-state index in [9.17, 15) is 107 Å². The van der Waals surface area contributed by atoms with Crippen LogP contribution in [0.5, 0.6) is 0 Å². The summed E-state index contributed by atoms with van der Waals surface area (Å²) >= 11 is 0. The summed E-state index contributed by atoms with van der Waals surface area (Å²) in [6.07, 6.45) is -48.5. The maximum absolute atomic E-state index is 12.3. The molecule has 0 saturated carbocycles. The Morgan fingerprint density at radius 2 is 0.712 bits per heavy atom. The van der Waals surface area contributed by atoms with Crippen molar-refractivity contribution in [1.29, 1.82) is 0 Å². The molecule has 66 heavy (non-hydrogen) atoms. The van der Waals surface area contributed by atoms with Crippen LogP contribution in [-0.4, -0.2) is 153 Å². The molecule has 1 unspecified atom stereocenters. The maximum Gasteiger partial charge on any atom is 0.426 e. The molecule has 0 aromatic carbocycles. The van der Waals surface area contributed by atoms with Crippen molar-refractivity contribution in [3.63, 3.8) is 0 Å². The Morgan fingerprint density at radius 1 is 0.470 bits per heavy atom. The van der Waals surface area contributed by atoms with Crippen molar-refractivity contribution in [1.82, 2.24) is 0 Å². The molecule has 0 rings (SSSR count). The highest BCUT2D eigenvalue weighted by Crippen LogP contribution is 2.47. The van der Waals surface area contributed by atoms with Gasteiger partial charge in [0.25, 0.3) is 16.8 Å². The lowest BCUT2D eigenvalue weighted by Gasteiger charge is -2.32. The summed E-state index contributed by atoms with van der Waals surface area (Å²) < 4.78 is 284. The second-order valence-electron chi connectivity index (χ2n) is 12.6. The average molecular weight is 1030 g/mol. The van der Waals surface area contributed by atoms with E-state index in [2.05, 4.69) is 48.2 Å². The number of halogens is 21. The van der Waals surface area contributed by atoms with Crippen molar-refractivity contribution in [2.45, 2.75) is 99.3 Å². The van der Waals surface area contributed by atoms with Crippen LogP contribution in [0.15, 0.2) is 36.5 Å². The summed E-state index contributed by atoms with van der Waals surface area (Å²) in [6, 6.07) is 0. The van der Waals surface area contributed by atoms with Crippen LogP contribution in [0.3, 0.4) is 0 Å². The second kappa shape index (κ2) is 25.3. The molecule has 0 spiro atoms. The highest BCUT2D eigenvalue weighted by Gasteiger charge is 2.71. The Kier molecular flexibility index (Phi) is 25.4. The SMILES string of the molecule is C=C(COCCC(O)(C(F)(F)F)C(F)(F)F)C(=O)OC.C=C(COCCC(O)(C(F)(F)F)C(F)(F)F)C(=O)OC(C)C(F)(F)F.C=C(COCCC(O)(C(F)(F)F)C(F)(F)F)C(=O)OCC. The Balaban J connectivity index is -0.000000909. The summed E-state index contributed by atoms with van der Waals surface area (Å²) in [5.41, 5.74) is -16.1. The molecule has 0 fully saturated rings. The Morgan fingerprint density at radius 3 is 0.924 bits per heavy atom. The van der Waals surface area contributed by atoms with E-state index in [1.165, 1.54) is 6.92 Å². The first-order valence-electron chi connectivity index (χ1n) is 17.0. The summed E-state index contributed by atoms with van der Waals surface area (Å²) in [5.74, 6) is -3.38. The minimum Gasteiger partial charge on any atom is -0.466 e. The highest BCUT2D eigenvalue weighted by molar-refractivity contribution is 5.88. The van der Waals surface area contributed by atoms with E-state index < -0.39 is 149 Å². The molecule has 1 atom stereocenters. The van der Waals surface area contributed by atoms with Gasteiger partial charge in [-0.3, -0.25) is 0 Å². The zero-order valence-corrected chi connectivity index (χ0v) is 33.7. The van der Waals surface area contributed by atoms with Gasteiger partial charge in [0, 0.05) is 19.3 Å². The van der Waals surface area contributed by atoms with Gasteiger partial charge >= 0.3 is 61.1 Å². The summed E-state index contributed by atoms with van der Waals surface area (Å²) in [7, 11) is 1.01.